The molecule has 2 rings (SSSR count). The summed E-state index contributed by atoms with van der Waals surface area (Å²) in [7, 11) is 3.25. The molecule has 0 saturated carbocycles. The lowest BCUT2D eigenvalue weighted by molar-refractivity contribution is 0.209. The molecule has 21 heavy (non-hydrogen) atoms. The Morgan fingerprint density at radius 1 is 1.48 bits per heavy atom. The van der Waals surface area contributed by atoms with Gasteiger partial charge >= 0.3 is 0 Å². The molecular formula is C14H15ClN4O2. The summed E-state index contributed by atoms with van der Waals surface area (Å²) < 4.78 is 1.56. The number of aromatic nitrogens is 2. The summed E-state index contributed by atoms with van der Waals surface area (Å²) in [5.41, 5.74) is 4.03. The molecule has 0 spiro atoms. The molecule has 1 N–H and O–H groups in total. The number of nitrogens with one attached hydrogen (secondary N) is 1. The molecule has 0 unspecified atom stereocenters. The Hall–Kier alpha value is -2.18. The van der Waals surface area contributed by atoms with Crippen LogP contribution in [0.5, 0.6) is 0 Å². The minimum atomic E-state index is -0.119. The lowest BCUT2D eigenvalue weighted by Gasteiger charge is -2.10. The zero-order chi connectivity index (χ0) is 15.2. The lowest BCUT2D eigenvalue weighted by atomic mass is 10.2. The standard InChI is InChI=1S/C14H15ClN4O2/c1-16-14(21-17-2)11-3-4-13(20)19(9-11)8-10-5-6-18-12(15)7-10/h3-7,9,17H,8H2,1-2H3. The number of rotatable bonds is 4. The van der Waals surface area contributed by atoms with Crippen LogP contribution in [0.2, 0.25) is 5.15 Å². The van der Waals surface area contributed by atoms with E-state index in [1.807, 2.05) is 6.07 Å². The van der Waals surface area contributed by atoms with Crippen molar-refractivity contribution in [3.05, 3.63) is 63.3 Å². The quantitative estimate of drug-likeness (QED) is 0.402. The highest BCUT2D eigenvalue weighted by molar-refractivity contribution is 6.29. The summed E-state index contributed by atoms with van der Waals surface area (Å²) in [4.78, 5) is 25.1. The number of hydrogen-bond acceptors (Lipinski definition) is 5. The first-order chi connectivity index (χ1) is 10.1. The molecule has 6 nitrogen and oxygen atoms in total. The summed E-state index contributed by atoms with van der Waals surface area (Å²) in [5, 5.41) is 0.394. The average Bonchev–Trinajstić information content (AvgIpc) is 2.47. The first-order valence-corrected chi connectivity index (χ1v) is 6.63. The molecule has 2 aromatic rings. The zero-order valence-corrected chi connectivity index (χ0v) is 12.5. The van der Waals surface area contributed by atoms with Gasteiger partial charge in [0.1, 0.15) is 5.15 Å². The van der Waals surface area contributed by atoms with Crippen LogP contribution in [0.3, 0.4) is 0 Å². The molecule has 0 aliphatic heterocycles. The predicted molar refractivity (Wildman–Crippen MR) is 81.7 cm³/mol. The molecule has 2 aromatic heterocycles. The highest BCUT2D eigenvalue weighted by Gasteiger charge is 2.07. The molecule has 0 aliphatic carbocycles. The minimum absolute atomic E-state index is 0.119. The molecule has 0 saturated heterocycles. The van der Waals surface area contributed by atoms with Crippen molar-refractivity contribution in [2.24, 2.45) is 4.99 Å². The summed E-state index contributed by atoms with van der Waals surface area (Å²) in [6, 6.07) is 6.67. The number of hydroxylamine groups is 1. The molecule has 0 radical (unpaired) electrons. The molecular weight excluding hydrogens is 292 g/mol. The smallest absolute Gasteiger partial charge is 0.250 e. The molecule has 7 heteroatoms. The predicted octanol–water partition coefficient (Wildman–Crippen LogP) is 1.47. The van der Waals surface area contributed by atoms with E-state index in [2.05, 4.69) is 15.5 Å². The van der Waals surface area contributed by atoms with Gasteiger partial charge in [-0.05, 0) is 23.8 Å². The van der Waals surface area contributed by atoms with E-state index in [4.69, 9.17) is 16.4 Å². The van der Waals surface area contributed by atoms with Crippen molar-refractivity contribution in [3.63, 3.8) is 0 Å². The second kappa shape index (κ2) is 7.01. The molecule has 2 heterocycles. The Kier molecular flexibility index (Phi) is 5.08. The van der Waals surface area contributed by atoms with Gasteiger partial charge in [-0.2, -0.15) is 5.48 Å². The van der Waals surface area contributed by atoms with Crippen molar-refractivity contribution in [3.8, 4) is 0 Å². The van der Waals surface area contributed by atoms with E-state index >= 15 is 0 Å². The van der Waals surface area contributed by atoms with Gasteiger partial charge in [-0.3, -0.25) is 9.79 Å². The molecule has 0 aliphatic rings. The van der Waals surface area contributed by atoms with Gasteiger partial charge in [0.25, 0.3) is 5.56 Å². The molecule has 0 fully saturated rings. The van der Waals surface area contributed by atoms with Crippen LogP contribution >= 0.6 is 11.6 Å². The second-order valence-corrected chi connectivity index (χ2v) is 4.59. The SMILES string of the molecule is CN=C(ONC)c1ccc(=O)n(Cc2ccnc(Cl)c2)c1. The Bertz CT molecular complexity index is 712. The summed E-state index contributed by atoms with van der Waals surface area (Å²) in [5.74, 6) is 0.402. The van der Waals surface area contributed by atoms with Crippen molar-refractivity contribution in [2.75, 3.05) is 14.1 Å². The molecule has 110 valence electrons. The van der Waals surface area contributed by atoms with Crippen LogP contribution in [0, 0.1) is 0 Å². The van der Waals surface area contributed by atoms with Crippen molar-refractivity contribution in [2.45, 2.75) is 6.54 Å². The number of halogens is 1. The van der Waals surface area contributed by atoms with Gasteiger partial charge in [-0.25, -0.2) is 4.98 Å². The fraction of sp³-hybridized carbons (Fsp3) is 0.214. The summed E-state index contributed by atoms with van der Waals surface area (Å²) in [6.45, 7) is 0.394. The molecule has 0 atom stereocenters. The average molecular weight is 307 g/mol. The van der Waals surface area contributed by atoms with Crippen LogP contribution in [0.4, 0.5) is 0 Å². The molecule has 0 aromatic carbocycles. The Morgan fingerprint density at radius 3 is 2.95 bits per heavy atom. The number of pyridine rings is 2. The van der Waals surface area contributed by atoms with E-state index in [1.54, 1.807) is 43.2 Å². The van der Waals surface area contributed by atoms with Gasteiger partial charge in [-0.1, -0.05) is 11.6 Å². The third-order valence-corrected chi connectivity index (χ3v) is 2.98. The third-order valence-electron chi connectivity index (χ3n) is 2.78. The van der Waals surface area contributed by atoms with Gasteiger partial charge in [-0.15, -0.1) is 0 Å². The van der Waals surface area contributed by atoms with Crippen LogP contribution < -0.4 is 11.0 Å². The van der Waals surface area contributed by atoms with Crippen molar-refractivity contribution in [1.82, 2.24) is 15.0 Å². The topological polar surface area (TPSA) is 68.5 Å². The van der Waals surface area contributed by atoms with Gasteiger partial charge in [0.2, 0.25) is 5.90 Å². The first kappa shape index (κ1) is 15.2. The van der Waals surface area contributed by atoms with Crippen LogP contribution in [0.15, 0.2) is 46.4 Å². The second-order valence-electron chi connectivity index (χ2n) is 4.21. The largest absolute Gasteiger partial charge is 0.388 e. The molecule has 0 amide bonds. The van der Waals surface area contributed by atoms with Crippen molar-refractivity contribution < 1.29 is 4.84 Å². The maximum absolute atomic E-state index is 11.9. The van der Waals surface area contributed by atoms with Gasteiger partial charge in [0.05, 0.1) is 12.1 Å². The maximum atomic E-state index is 11.9. The number of nitrogens with zero attached hydrogens (tertiary/aromatic N) is 3. The Morgan fingerprint density at radius 2 is 2.29 bits per heavy atom. The first-order valence-electron chi connectivity index (χ1n) is 6.25. The van der Waals surface area contributed by atoms with Crippen LogP contribution in [0.1, 0.15) is 11.1 Å². The van der Waals surface area contributed by atoms with Gasteiger partial charge in [0.15, 0.2) is 0 Å². The Labute approximate surface area is 127 Å². The van der Waals surface area contributed by atoms with E-state index < -0.39 is 0 Å². The lowest BCUT2D eigenvalue weighted by Crippen LogP contribution is -2.23. The van der Waals surface area contributed by atoms with Crippen molar-refractivity contribution in [1.29, 1.82) is 0 Å². The fourth-order valence-corrected chi connectivity index (χ4v) is 2.05. The van der Waals surface area contributed by atoms with E-state index in [-0.39, 0.29) is 5.56 Å². The zero-order valence-electron chi connectivity index (χ0n) is 11.7. The van der Waals surface area contributed by atoms with Crippen LogP contribution in [-0.2, 0) is 11.4 Å². The van der Waals surface area contributed by atoms with Crippen LogP contribution in [-0.4, -0.2) is 29.5 Å². The normalized spacial score (nSPS) is 11.5. The number of aliphatic imine (C=N–C) groups is 1. The third kappa shape index (κ3) is 3.90. The summed E-state index contributed by atoms with van der Waals surface area (Å²) >= 11 is 5.85. The molecule has 0 bridgehead atoms. The highest BCUT2D eigenvalue weighted by atomic mass is 35.5. The van der Waals surface area contributed by atoms with Crippen LogP contribution in [0.25, 0.3) is 0 Å². The summed E-state index contributed by atoms with van der Waals surface area (Å²) in [6.07, 6.45) is 3.30. The minimum Gasteiger partial charge on any atom is -0.388 e. The number of hydrogen-bond donors (Lipinski definition) is 1. The van der Waals surface area contributed by atoms with E-state index in [9.17, 15) is 4.79 Å². The van der Waals surface area contributed by atoms with E-state index in [0.717, 1.165) is 5.56 Å². The van der Waals surface area contributed by atoms with E-state index in [0.29, 0.717) is 23.2 Å². The van der Waals surface area contributed by atoms with Gasteiger partial charge < -0.3 is 9.40 Å². The van der Waals surface area contributed by atoms with Gasteiger partial charge in [0, 0.05) is 32.6 Å². The Balaban J connectivity index is 2.33. The monoisotopic (exact) mass is 306 g/mol. The fourth-order valence-electron chi connectivity index (χ4n) is 1.85. The van der Waals surface area contributed by atoms with E-state index in [1.165, 1.54) is 6.07 Å². The maximum Gasteiger partial charge on any atom is 0.250 e. The van der Waals surface area contributed by atoms with Crippen molar-refractivity contribution >= 4 is 17.5 Å². The highest BCUT2D eigenvalue weighted by Crippen LogP contribution is 2.08.